The van der Waals surface area contributed by atoms with Crippen molar-refractivity contribution in [3.63, 3.8) is 0 Å². The number of aliphatic hydroxyl groups is 1. The van der Waals surface area contributed by atoms with Crippen molar-refractivity contribution in [2.24, 2.45) is 4.99 Å². The summed E-state index contributed by atoms with van der Waals surface area (Å²) in [5, 5.41) is 15.7. The number of hydrogen-bond acceptors (Lipinski definition) is 2. The van der Waals surface area contributed by atoms with E-state index >= 15 is 0 Å². The lowest BCUT2D eigenvalue weighted by Gasteiger charge is -2.14. The van der Waals surface area contributed by atoms with Gasteiger partial charge in [-0.25, -0.2) is 4.99 Å². The molecule has 0 spiro atoms. The van der Waals surface area contributed by atoms with Gasteiger partial charge >= 0.3 is 0 Å². The highest BCUT2D eigenvalue weighted by atomic mass is 16.3. The standard InChI is InChI=1S/C14H23N3O/c1-4-15-14(17-11(2)3)16-9-12-7-5-6-8-13(12)10-18/h5-8,11,18H,4,9-10H2,1-3H3,(H2,15,16,17). The van der Waals surface area contributed by atoms with Gasteiger partial charge in [0.25, 0.3) is 0 Å². The van der Waals surface area contributed by atoms with Gasteiger partial charge in [-0.15, -0.1) is 0 Å². The van der Waals surface area contributed by atoms with E-state index in [1.54, 1.807) is 0 Å². The van der Waals surface area contributed by atoms with Crippen LogP contribution in [0.25, 0.3) is 0 Å². The molecular formula is C14H23N3O. The van der Waals surface area contributed by atoms with Crippen molar-refractivity contribution >= 4 is 5.96 Å². The van der Waals surface area contributed by atoms with Crippen LogP contribution in [0.1, 0.15) is 31.9 Å². The zero-order valence-corrected chi connectivity index (χ0v) is 11.4. The Labute approximate surface area is 109 Å². The molecule has 100 valence electrons. The maximum atomic E-state index is 9.25. The third-order valence-electron chi connectivity index (χ3n) is 2.47. The Bertz CT molecular complexity index is 388. The van der Waals surface area contributed by atoms with E-state index < -0.39 is 0 Å². The van der Waals surface area contributed by atoms with E-state index in [1.165, 1.54) is 0 Å². The SMILES string of the molecule is CCNC(=NCc1ccccc1CO)NC(C)C. The van der Waals surface area contributed by atoms with Gasteiger partial charge < -0.3 is 15.7 Å². The molecule has 0 saturated carbocycles. The molecule has 0 aromatic heterocycles. The minimum Gasteiger partial charge on any atom is -0.392 e. The summed E-state index contributed by atoms with van der Waals surface area (Å²) in [4.78, 5) is 4.52. The molecule has 0 fully saturated rings. The first-order valence-corrected chi connectivity index (χ1v) is 6.39. The van der Waals surface area contributed by atoms with E-state index in [1.807, 2.05) is 31.2 Å². The van der Waals surface area contributed by atoms with Crippen LogP contribution in [0, 0.1) is 0 Å². The number of aliphatic hydroxyl groups excluding tert-OH is 1. The van der Waals surface area contributed by atoms with Gasteiger partial charge in [0, 0.05) is 12.6 Å². The van der Waals surface area contributed by atoms with Crippen molar-refractivity contribution in [1.29, 1.82) is 0 Å². The third kappa shape index (κ3) is 4.75. The van der Waals surface area contributed by atoms with Gasteiger partial charge in [-0.1, -0.05) is 24.3 Å². The Hall–Kier alpha value is -1.55. The Balaban J connectivity index is 2.74. The minimum absolute atomic E-state index is 0.0554. The van der Waals surface area contributed by atoms with Crippen LogP contribution < -0.4 is 10.6 Å². The van der Waals surface area contributed by atoms with Gasteiger partial charge in [0.05, 0.1) is 13.2 Å². The largest absolute Gasteiger partial charge is 0.392 e. The van der Waals surface area contributed by atoms with Crippen molar-refractivity contribution < 1.29 is 5.11 Å². The summed E-state index contributed by atoms with van der Waals surface area (Å²) in [6, 6.07) is 8.15. The fourth-order valence-corrected chi connectivity index (χ4v) is 1.62. The van der Waals surface area contributed by atoms with Crippen molar-refractivity contribution in [2.45, 2.75) is 40.0 Å². The van der Waals surface area contributed by atoms with Gasteiger partial charge in [0.2, 0.25) is 0 Å². The van der Waals surface area contributed by atoms with Crippen LogP contribution in [0.15, 0.2) is 29.3 Å². The summed E-state index contributed by atoms with van der Waals surface area (Å²) >= 11 is 0. The monoisotopic (exact) mass is 249 g/mol. The molecule has 0 amide bonds. The molecule has 4 nitrogen and oxygen atoms in total. The fourth-order valence-electron chi connectivity index (χ4n) is 1.62. The topological polar surface area (TPSA) is 56.7 Å². The summed E-state index contributed by atoms with van der Waals surface area (Å²) in [6.07, 6.45) is 0. The summed E-state index contributed by atoms with van der Waals surface area (Å²) in [5.41, 5.74) is 1.99. The van der Waals surface area contributed by atoms with Crippen LogP contribution >= 0.6 is 0 Å². The second-order valence-electron chi connectivity index (χ2n) is 4.42. The number of nitrogens with zero attached hydrogens (tertiary/aromatic N) is 1. The van der Waals surface area contributed by atoms with Gasteiger partial charge in [-0.2, -0.15) is 0 Å². The Morgan fingerprint density at radius 2 is 1.94 bits per heavy atom. The molecule has 0 aliphatic carbocycles. The smallest absolute Gasteiger partial charge is 0.191 e. The minimum atomic E-state index is 0.0554. The van der Waals surface area contributed by atoms with Gasteiger partial charge in [-0.3, -0.25) is 0 Å². The highest BCUT2D eigenvalue weighted by Crippen LogP contribution is 2.09. The molecule has 1 aromatic carbocycles. The Morgan fingerprint density at radius 1 is 1.28 bits per heavy atom. The molecule has 0 unspecified atom stereocenters. The normalized spacial score (nSPS) is 11.7. The predicted molar refractivity (Wildman–Crippen MR) is 75.5 cm³/mol. The van der Waals surface area contributed by atoms with E-state index in [2.05, 4.69) is 29.5 Å². The molecule has 4 heteroatoms. The van der Waals surface area contributed by atoms with Crippen LogP contribution in [0.4, 0.5) is 0 Å². The van der Waals surface area contributed by atoms with Gasteiger partial charge in [0.1, 0.15) is 0 Å². The molecular weight excluding hydrogens is 226 g/mol. The molecule has 0 saturated heterocycles. The predicted octanol–water partition coefficient (Wildman–Crippen LogP) is 1.64. The lowest BCUT2D eigenvalue weighted by atomic mass is 10.1. The Morgan fingerprint density at radius 3 is 2.50 bits per heavy atom. The zero-order valence-electron chi connectivity index (χ0n) is 11.4. The average molecular weight is 249 g/mol. The zero-order chi connectivity index (χ0) is 13.4. The van der Waals surface area contributed by atoms with E-state index in [-0.39, 0.29) is 6.61 Å². The molecule has 1 aromatic rings. The summed E-state index contributed by atoms with van der Waals surface area (Å²) < 4.78 is 0. The number of rotatable bonds is 5. The number of nitrogens with one attached hydrogen (secondary N) is 2. The lowest BCUT2D eigenvalue weighted by molar-refractivity contribution is 0.280. The molecule has 18 heavy (non-hydrogen) atoms. The molecule has 0 aliphatic rings. The fraction of sp³-hybridized carbons (Fsp3) is 0.500. The highest BCUT2D eigenvalue weighted by Gasteiger charge is 2.02. The molecule has 0 aliphatic heterocycles. The maximum Gasteiger partial charge on any atom is 0.191 e. The highest BCUT2D eigenvalue weighted by molar-refractivity contribution is 5.80. The number of aliphatic imine (C=N–C) groups is 1. The van der Waals surface area contributed by atoms with Crippen LogP contribution in [0.2, 0.25) is 0 Å². The Kier molecular flexibility index (Phi) is 6.22. The quantitative estimate of drug-likeness (QED) is 0.549. The third-order valence-corrected chi connectivity index (χ3v) is 2.47. The van der Waals surface area contributed by atoms with Crippen LogP contribution in [0.5, 0.6) is 0 Å². The molecule has 1 rings (SSSR count). The first-order valence-electron chi connectivity index (χ1n) is 6.39. The van der Waals surface area contributed by atoms with Crippen LogP contribution in [0.3, 0.4) is 0 Å². The van der Waals surface area contributed by atoms with Crippen molar-refractivity contribution in [3.05, 3.63) is 35.4 Å². The first-order chi connectivity index (χ1) is 8.67. The van der Waals surface area contributed by atoms with E-state index in [4.69, 9.17) is 0 Å². The van der Waals surface area contributed by atoms with Crippen molar-refractivity contribution in [1.82, 2.24) is 10.6 Å². The van der Waals surface area contributed by atoms with E-state index in [0.717, 1.165) is 23.6 Å². The van der Waals surface area contributed by atoms with Crippen molar-refractivity contribution in [2.75, 3.05) is 6.54 Å². The second kappa shape index (κ2) is 7.71. The molecule has 0 radical (unpaired) electrons. The van der Waals surface area contributed by atoms with Gasteiger partial charge in [-0.05, 0) is 31.9 Å². The van der Waals surface area contributed by atoms with Crippen molar-refractivity contribution in [3.8, 4) is 0 Å². The summed E-state index contributed by atoms with van der Waals surface area (Å²) in [7, 11) is 0. The number of guanidine groups is 1. The second-order valence-corrected chi connectivity index (χ2v) is 4.42. The summed E-state index contributed by atoms with van der Waals surface area (Å²) in [5.74, 6) is 0.806. The maximum absolute atomic E-state index is 9.25. The van der Waals surface area contributed by atoms with Crippen LogP contribution in [-0.2, 0) is 13.2 Å². The molecule has 0 atom stereocenters. The molecule has 0 bridgehead atoms. The first kappa shape index (κ1) is 14.5. The van der Waals surface area contributed by atoms with Crippen LogP contribution in [-0.4, -0.2) is 23.7 Å². The van der Waals surface area contributed by atoms with Gasteiger partial charge in [0.15, 0.2) is 5.96 Å². The van der Waals surface area contributed by atoms with E-state index in [0.29, 0.717) is 12.6 Å². The number of benzene rings is 1. The average Bonchev–Trinajstić information content (AvgIpc) is 2.36. The molecule has 0 heterocycles. The lowest BCUT2D eigenvalue weighted by Crippen LogP contribution is -2.41. The number of hydrogen-bond donors (Lipinski definition) is 3. The van der Waals surface area contributed by atoms with E-state index in [9.17, 15) is 5.11 Å². The summed E-state index contributed by atoms with van der Waals surface area (Å²) in [6.45, 7) is 7.65. The molecule has 3 N–H and O–H groups in total.